The van der Waals surface area contributed by atoms with Crippen LogP contribution in [0.4, 0.5) is 5.69 Å². The molecule has 5 rings (SSSR count). The first-order chi connectivity index (χ1) is 16.5. The second-order valence-electron chi connectivity index (χ2n) is 7.40. The van der Waals surface area contributed by atoms with Crippen LogP contribution in [0.25, 0.3) is 11.0 Å². The summed E-state index contributed by atoms with van der Waals surface area (Å²) in [5.41, 5.74) is 1.05. The first-order valence-electron chi connectivity index (χ1n) is 10.3. The van der Waals surface area contributed by atoms with Gasteiger partial charge in [0.2, 0.25) is 5.78 Å². The number of rotatable bonds is 6. The highest BCUT2D eigenvalue weighted by Crippen LogP contribution is 2.35. The molecule has 9 heteroatoms. The molecule has 4 aromatic rings. The van der Waals surface area contributed by atoms with Crippen LogP contribution in [0.2, 0.25) is 10.0 Å². The van der Waals surface area contributed by atoms with Crippen LogP contribution in [0.1, 0.15) is 16.1 Å². The summed E-state index contributed by atoms with van der Waals surface area (Å²) in [7, 11) is 0. The zero-order chi connectivity index (χ0) is 23.7. The number of hydrogen-bond donors (Lipinski definition) is 1. The maximum Gasteiger partial charge on any atom is 0.262 e. The summed E-state index contributed by atoms with van der Waals surface area (Å²) in [6, 6.07) is 16.6. The number of amides is 1. The van der Waals surface area contributed by atoms with E-state index in [-0.39, 0.29) is 23.1 Å². The number of para-hydroxylation sites is 1. The quantitative estimate of drug-likeness (QED) is 0.340. The lowest BCUT2D eigenvalue weighted by Crippen LogP contribution is -2.21. The Morgan fingerprint density at radius 2 is 1.74 bits per heavy atom. The molecule has 0 bridgehead atoms. The Labute approximate surface area is 204 Å². The Bertz CT molecular complexity index is 1410. The van der Waals surface area contributed by atoms with Crippen LogP contribution < -0.4 is 19.5 Å². The summed E-state index contributed by atoms with van der Waals surface area (Å²) < 4.78 is 22.5. The summed E-state index contributed by atoms with van der Waals surface area (Å²) in [5, 5.41) is 4.06. The van der Waals surface area contributed by atoms with Gasteiger partial charge in [0.25, 0.3) is 5.91 Å². The van der Waals surface area contributed by atoms with Gasteiger partial charge in [0, 0.05) is 16.0 Å². The van der Waals surface area contributed by atoms with Gasteiger partial charge in [-0.2, -0.15) is 0 Å². The third-order valence-electron chi connectivity index (χ3n) is 5.12. The predicted octanol–water partition coefficient (Wildman–Crippen LogP) is 5.76. The van der Waals surface area contributed by atoms with Crippen LogP contribution >= 0.6 is 23.2 Å². The van der Waals surface area contributed by atoms with E-state index < -0.39 is 11.7 Å². The van der Waals surface area contributed by atoms with Crippen molar-refractivity contribution in [3.05, 3.63) is 82.0 Å². The number of anilines is 1. The molecule has 3 aromatic carbocycles. The molecule has 172 valence electrons. The van der Waals surface area contributed by atoms with E-state index in [2.05, 4.69) is 5.32 Å². The molecule has 1 N–H and O–H groups in total. The number of carbonyl (C=O) groups excluding carboxylic acids is 2. The monoisotopic (exact) mass is 497 g/mol. The SMILES string of the molecule is O=C(COc1ccc(Cl)cc1Cl)Nc1c(C(=O)c2ccc3c(c2)OCCO3)oc2ccccc12. The first-order valence-corrected chi connectivity index (χ1v) is 11.1. The number of furan rings is 1. The summed E-state index contributed by atoms with van der Waals surface area (Å²) >= 11 is 12.0. The van der Waals surface area contributed by atoms with E-state index in [9.17, 15) is 9.59 Å². The Kier molecular flexibility index (Phi) is 6.04. The van der Waals surface area contributed by atoms with Gasteiger partial charge in [-0.15, -0.1) is 0 Å². The minimum atomic E-state index is -0.492. The van der Waals surface area contributed by atoms with Gasteiger partial charge in [0.05, 0.1) is 10.7 Å². The maximum absolute atomic E-state index is 13.4. The van der Waals surface area contributed by atoms with Gasteiger partial charge in [-0.05, 0) is 48.5 Å². The first kappa shape index (κ1) is 22.1. The van der Waals surface area contributed by atoms with Crippen molar-refractivity contribution in [2.75, 3.05) is 25.1 Å². The molecule has 1 amide bonds. The predicted molar refractivity (Wildman–Crippen MR) is 128 cm³/mol. The second kappa shape index (κ2) is 9.29. The van der Waals surface area contributed by atoms with Crippen molar-refractivity contribution in [3.63, 3.8) is 0 Å². The van der Waals surface area contributed by atoms with Crippen LogP contribution in [0.15, 0.2) is 65.1 Å². The average Bonchev–Trinajstić information content (AvgIpc) is 3.21. The maximum atomic E-state index is 13.4. The third kappa shape index (κ3) is 4.40. The molecular weight excluding hydrogens is 481 g/mol. The van der Waals surface area contributed by atoms with Crippen molar-refractivity contribution < 1.29 is 28.2 Å². The summed E-state index contributed by atoms with van der Waals surface area (Å²) in [6.07, 6.45) is 0. The van der Waals surface area contributed by atoms with Crippen LogP contribution in [0.3, 0.4) is 0 Å². The van der Waals surface area contributed by atoms with E-state index >= 15 is 0 Å². The summed E-state index contributed by atoms with van der Waals surface area (Å²) in [4.78, 5) is 26.1. The number of benzene rings is 3. The van der Waals surface area contributed by atoms with Crippen LogP contribution in [0.5, 0.6) is 17.2 Å². The van der Waals surface area contributed by atoms with Crippen molar-refractivity contribution in [2.24, 2.45) is 0 Å². The fourth-order valence-corrected chi connectivity index (χ4v) is 4.02. The third-order valence-corrected chi connectivity index (χ3v) is 5.65. The second-order valence-corrected chi connectivity index (χ2v) is 8.25. The Hall–Kier alpha value is -3.68. The molecule has 1 aliphatic rings. The zero-order valence-corrected chi connectivity index (χ0v) is 19.1. The molecule has 0 fully saturated rings. The molecule has 7 nitrogen and oxygen atoms in total. The zero-order valence-electron chi connectivity index (χ0n) is 17.6. The molecule has 1 aromatic heterocycles. The van der Waals surface area contributed by atoms with Gasteiger partial charge in [-0.1, -0.05) is 35.3 Å². The number of nitrogens with one attached hydrogen (secondary N) is 1. The fourth-order valence-electron chi connectivity index (χ4n) is 3.56. The van der Waals surface area contributed by atoms with Gasteiger partial charge >= 0.3 is 0 Å². The van der Waals surface area contributed by atoms with Gasteiger partial charge in [-0.25, -0.2) is 0 Å². The number of hydrogen-bond acceptors (Lipinski definition) is 6. The molecule has 0 radical (unpaired) electrons. The van der Waals surface area contributed by atoms with Crippen molar-refractivity contribution >= 4 is 51.5 Å². The van der Waals surface area contributed by atoms with E-state index in [4.69, 9.17) is 41.8 Å². The summed E-state index contributed by atoms with van der Waals surface area (Å²) in [6.45, 7) is 0.510. The number of fused-ring (bicyclic) bond motifs is 2. The van der Waals surface area contributed by atoms with Crippen molar-refractivity contribution in [1.82, 2.24) is 0 Å². The van der Waals surface area contributed by atoms with Crippen LogP contribution in [0, 0.1) is 0 Å². The van der Waals surface area contributed by atoms with Crippen LogP contribution in [-0.2, 0) is 4.79 Å². The van der Waals surface area contributed by atoms with E-state index in [0.29, 0.717) is 52.0 Å². The fraction of sp³-hybridized carbons (Fsp3) is 0.120. The number of ketones is 1. The lowest BCUT2D eigenvalue weighted by Gasteiger charge is -2.18. The van der Waals surface area contributed by atoms with Crippen molar-refractivity contribution in [1.29, 1.82) is 0 Å². The molecule has 1 aliphatic heterocycles. The van der Waals surface area contributed by atoms with E-state index in [1.54, 1.807) is 54.6 Å². The molecular formula is C25H17Cl2NO6. The van der Waals surface area contributed by atoms with Gasteiger partial charge in [-0.3, -0.25) is 9.59 Å². The molecule has 0 saturated carbocycles. The molecule has 0 saturated heterocycles. The molecule has 34 heavy (non-hydrogen) atoms. The Balaban J connectivity index is 1.42. The lowest BCUT2D eigenvalue weighted by atomic mass is 10.1. The molecule has 0 atom stereocenters. The molecule has 2 heterocycles. The van der Waals surface area contributed by atoms with Crippen molar-refractivity contribution in [3.8, 4) is 17.2 Å². The normalized spacial score (nSPS) is 12.4. The molecule has 0 unspecified atom stereocenters. The smallest absolute Gasteiger partial charge is 0.262 e. The minimum Gasteiger partial charge on any atom is -0.486 e. The largest absolute Gasteiger partial charge is 0.486 e. The van der Waals surface area contributed by atoms with E-state index in [0.717, 1.165) is 0 Å². The highest BCUT2D eigenvalue weighted by Gasteiger charge is 2.25. The van der Waals surface area contributed by atoms with Gasteiger partial charge in [0.1, 0.15) is 24.5 Å². The summed E-state index contributed by atoms with van der Waals surface area (Å²) in [5.74, 6) is 0.450. The Morgan fingerprint density at radius 3 is 2.56 bits per heavy atom. The standard InChI is InChI=1S/C25H17Cl2NO6/c26-15-6-8-19(17(27)12-15)33-13-22(29)28-23-16-3-1-2-4-18(16)34-25(23)24(30)14-5-7-20-21(11-14)32-10-9-31-20/h1-8,11-12H,9-10,13H2,(H,28,29). The highest BCUT2D eigenvalue weighted by atomic mass is 35.5. The van der Waals surface area contributed by atoms with Gasteiger partial charge in [0.15, 0.2) is 23.9 Å². The number of ether oxygens (including phenoxy) is 3. The number of carbonyl (C=O) groups is 2. The van der Waals surface area contributed by atoms with E-state index in [1.165, 1.54) is 6.07 Å². The minimum absolute atomic E-state index is 0.00393. The van der Waals surface area contributed by atoms with Crippen LogP contribution in [-0.4, -0.2) is 31.5 Å². The Morgan fingerprint density at radius 1 is 0.941 bits per heavy atom. The lowest BCUT2D eigenvalue weighted by molar-refractivity contribution is -0.118. The highest BCUT2D eigenvalue weighted by molar-refractivity contribution is 6.35. The van der Waals surface area contributed by atoms with Crippen molar-refractivity contribution in [2.45, 2.75) is 0 Å². The topological polar surface area (TPSA) is 87.0 Å². The average molecular weight is 498 g/mol. The molecule has 0 spiro atoms. The van der Waals surface area contributed by atoms with E-state index in [1.807, 2.05) is 0 Å². The van der Waals surface area contributed by atoms with Gasteiger partial charge < -0.3 is 23.9 Å². The number of halogens is 2. The molecule has 0 aliphatic carbocycles.